The zero-order valence-electron chi connectivity index (χ0n) is 23.8. The molecule has 1 saturated carbocycles. The van der Waals surface area contributed by atoms with Crippen LogP contribution in [0.25, 0.3) is 0 Å². The van der Waals surface area contributed by atoms with Gasteiger partial charge in [0.05, 0.1) is 24.5 Å². The predicted octanol–water partition coefficient (Wildman–Crippen LogP) is 3.77. The van der Waals surface area contributed by atoms with Crippen LogP contribution in [0, 0.1) is 11.8 Å². The third-order valence-electron chi connectivity index (χ3n) is 8.01. The second-order valence-corrected chi connectivity index (χ2v) is 11.5. The van der Waals surface area contributed by atoms with Gasteiger partial charge in [-0.1, -0.05) is 36.4 Å². The van der Waals surface area contributed by atoms with E-state index in [1.165, 1.54) is 23.0 Å². The SMILES string of the molecule is C=CCOC(=O)NC(COC)C(=O)N(C)C1(Cc2ccc(Cl)cc2)CCCN(C(=O)C(CC(=O)O)C2CC(F)(F)C2)C1. The number of carbonyl (C=O) groups excluding carboxylic acids is 3. The second-order valence-electron chi connectivity index (χ2n) is 11.1. The summed E-state index contributed by atoms with van der Waals surface area (Å²) in [4.78, 5) is 54.4. The van der Waals surface area contributed by atoms with Gasteiger partial charge in [-0.3, -0.25) is 14.4 Å². The van der Waals surface area contributed by atoms with E-state index in [2.05, 4.69) is 11.9 Å². The molecular weight excluding hydrogens is 576 g/mol. The monoisotopic (exact) mass is 613 g/mol. The molecule has 1 aromatic rings. The summed E-state index contributed by atoms with van der Waals surface area (Å²) in [5.41, 5.74) is -0.148. The summed E-state index contributed by atoms with van der Waals surface area (Å²) in [5, 5.41) is 12.5. The minimum Gasteiger partial charge on any atom is -0.481 e. The van der Waals surface area contributed by atoms with E-state index in [1.54, 1.807) is 19.2 Å². The van der Waals surface area contributed by atoms with Crippen LogP contribution >= 0.6 is 11.6 Å². The highest BCUT2D eigenvalue weighted by atomic mass is 35.5. The van der Waals surface area contributed by atoms with Crippen LogP contribution in [-0.2, 0) is 30.3 Å². The van der Waals surface area contributed by atoms with E-state index in [4.69, 9.17) is 21.1 Å². The van der Waals surface area contributed by atoms with Crippen molar-refractivity contribution in [2.24, 2.45) is 11.8 Å². The summed E-state index contributed by atoms with van der Waals surface area (Å²) in [7, 11) is 2.96. The van der Waals surface area contributed by atoms with Crippen LogP contribution in [0.3, 0.4) is 0 Å². The van der Waals surface area contributed by atoms with Crippen LogP contribution < -0.4 is 5.32 Å². The number of nitrogens with one attached hydrogen (secondary N) is 1. The van der Waals surface area contributed by atoms with Gasteiger partial charge in [-0.2, -0.15) is 0 Å². The number of carboxylic acids is 1. The fourth-order valence-electron chi connectivity index (χ4n) is 5.82. The number of amides is 3. The van der Waals surface area contributed by atoms with Crippen LogP contribution in [0.2, 0.25) is 5.02 Å². The highest BCUT2D eigenvalue weighted by molar-refractivity contribution is 6.30. The van der Waals surface area contributed by atoms with E-state index >= 15 is 0 Å². The molecule has 2 aliphatic rings. The Morgan fingerprint density at radius 3 is 2.50 bits per heavy atom. The van der Waals surface area contributed by atoms with Crippen LogP contribution in [0.4, 0.5) is 13.6 Å². The van der Waals surface area contributed by atoms with Crippen LogP contribution in [-0.4, -0.2) is 96.7 Å². The van der Waals surface area contributed by atoms with E-state index in [-0.39, 0.29) is 26.3 Å². The smallest absolute Gasteiger partial charge is 0.408 e. The zero-order chi connectivity index (χ0) is 31.1. The van der Waals surface area contributed by atoms with Gasteiger partial charge in [0.2, 0.25) is 17.7 Å². The zero-order valence-corrected chi connectivity index (χ0v) is 24.6. The van der Waals surface area contributed by atoms with E-state index in [0.717, 1.165) is 5.56 Å². The van der Waals surface area contributed by atoms with Gasteiger partial charge < -0.3 is 29.7 Å². The van der Waals surface area contributed by atoms with Gasteiger partial charge >= 0.3 is 12.1 Å². The maximum Gasteiger partial charge on any atom is 0.408 e. The summed E-state index contributed by atoms with van der Waals surface area (Å²) in [6.45, 7) is 3.61. The van der Waals surface area contributed by atoms with E-state index in [1.807, 2.05) is 12.1 Å². The molecule has 1 aromatic carbocycles. The van der Waals surface area contributed by atoms with Crippen LogP contribution in [0.15, 0.2) is 36.9 Å². The lowest BCUT2D eigenvalue weighted by Crippen LogP contribution is -2.65. The lowest BCUT2D eigenvalue weighted by Gasteiger charge is -2.50. The van der Waals surface area contributed by atoms with E-state index in [9.17, 15) is 33.1 Å². The molecule has 2 N–H and O–H groups in total. The number of carboxylic acid groups (broad SMARTS) is 1. The number of nitrogens with zero attached hydrogens (tertiary/aromatic N) is 2. The van der Waals surface area contributed by atoms with E-state index in [0.29, 0.717) is 24.3 Å². The van der Waals surface area contributed by atoms with Crippen molar-refractivity contribution in [2.45, 2.75) is 56.0 Å². The lowest BCUT2D eigenvalue weighted by molar-refractivity contribution is -0.164. The maximum atomic E-state index is 13.9. The summed E-state index contributed by atoms with van der Waals surface area (Å²) >= 11 is 6.08. The van der Waals surface area contributed by atoms with Gasteiger partial charge in [0.25, 0.3) is 0 Å². The maximum absolute atomic E-state index is 13.9. The first-order valence-electron chi connectivity index (χ1n) is 13.7. The van der Waals surface area contributed by atoms with Gasteiger partial charge in [0.1, 0.15) is 12.6 Å². The lowest BCUT2D eigenvalue weighted by atomic mass is 9.71. The summed E-state index contributed by atoms with van der Waals surface area (Å²) in [6.07, 6.45) is 0.185. The molecule has 1 heterocycles. The number of aliphatic carboxylic acids is 1. The number of carbonyl (C=O) groups is 4. The summed E-state index contributed by atoms with van der Waals surface area (Å²) in [5.74, 6) is -7.00. The highest BCUT2D eigenvalue weighted by Gasteiger charge is 2.52. The Bertz CT molecular complexity index is 1140. The van der Waals surface area contributed by atoms with Crippen molar-refractivity contribution in [1.29, 1.82) is 0 Å². The largest absolute Gasteiger partial charge is 0.481 e. The number of halogens is 3. The van der Waals surface area contributed by atoms with Crippen molar-refractivity contribution in [3.05, 3.63) is 47.5 Å². The Balaban J connectivity index is 1.92. The molecule has 3 unspecified atom stereocenters. The molecule has 42 heavy (non-hydrogen) atoms. The topological polar surface area (TPSA) is 125 Å². The third kappa shape index (κ3) is 8.41. The molecule has 10 nitrogen and oxygen atoms in total. The number of likely N-dealkylation sites (tertiary alicyclic amines) is 1. The van der Waals surface area contributed by atoms with Gasteiger partial charge in [0, 0.05) is 45.1 Å². The molecule has 1 aliphatic heterocycles. The minimum absolute atomic E-state index is 0.0382. The van der Waals surface area contributed by atoms with E-state index < -0.39 is 72.5 Å². The summed E-state index contributed by atoms with van der Waals surface area (Å²) in [6, 6.07) is 5.93. The standard InChI is InChI=1S/C29H38ClF2N3O7/c1-4-12-42-27(40)33-23(17-41-3)26(39)34(2)28(14-19-6-8-21(30)9-7-19)10-5-11-35(18-28)25(38)22(13-24(36)37)20-15-29(31,32)16-20/h4,6-9,20,22-23H,1,5,10-18H2,2-3H3,(H,33,40)(H,36,37). The first kappa shape index (κ1) is 33.3. The first-order chi connectivity index (χ1) is 19.8. The number of hydrogen-bond acceptors (Lipinski definition) is 6. The highest BCUT2D eigenvalue weighted by Crippen LogP contribution is 2.48. The number of alkyl halides is 2. The molecule has 0 spiro atoms. The molecule has 0 bridgehead atoms. The molecule has 2 fully saturated rings. The average molecular weight is 614 g/mol. The fraction of sp³-hybridized carbons (Fsp3) is 0.586. The van der Waals surface area contributed by atoms with Crippen LogP contribution in [0.1, 0.15) is 37.7 Å². The van der Waals surface area contributed by atoms with Gasteiger partial charge in [-0.15, -0.1) is 0 Å². The third-order valence-corrected chi connectivity index (χ3v) is 8.27. The molecule has 1 saturated heterocycles. The van der Waals surface area contributed by atoms with Crippen molar-refractivity contribution in [1.82, 2.24) is 15.1 Å². The number of likely N-dealkylation sites (N-methyl/N-ethyl adjacent to an activating group) is 1. The van der Waals surface area contributed by atoms with Crippen molar-refractivity contribution in [2.75, 3.05) is 40.5 Å². The quantitative estimate of drug-likeness (QED) is 0.325. The number of hydrogen-bond donors (Lipinski definition) is 2. The van der Waals surface area contributed by atoms with Gasteiger partial charge in [-0.25, -0.2) is 13.6 Å². The molecule has 3 rings (SSSR count). The Hall–Kier alpha value is -3.25. The molecule has 232 valence electrons. The number of piperidine rings is 1. The Kier molecular flexibility index (Phi) is 11.3. The second kappa shape index (κ2) is 14.3. The number of ether oxygens (including phenoxy) is 2. The Morgan fingerprint density at radius 2 is 1.93 bits per heavy atom. The average Bonchev–Trinajstić information content (AvgIpc) is 2.93. The fourth-order valence-corrected chi connectivity index (χ4v) is 5.94. The van der Waals surface area contributed by atoms with Crippen molar-refractivity contribution >= 4 is 35.5 Å². The molecule has 3 amide bonds. The molecule has 1 aliphatic carbocycles. The normalized spacial score (nSPS) is 21.4. The number of rotatable bonds is 13. The Labute approximate surface area is 248 Å². The van der Waals surface area contributed by atoms with Gasteiger partial charge in [-0.05, 0) is 42.9 Å². The molecular formula is C29H38ClF2N3O7. The molecule has 3 atom stereocenters. The summed E-state index contributed by atoms with van der Waals surface area (Å²) < 4.78 is 37.6. The van der Waals surface area contributed by atoms with Gasteiger partial charge in [0.15, 0.2) is 0 Å². The van der Waals surface area contributed by atoms with Crippen LogP contribution in [0.5, 0.6) is 0 Å². The van der Waals surface area contributed by atoms with Crippen molar-refractivity contribution < 1.29 is 42.5 Å². The first-order valence-corrected chi connectivity index (χ1v) is 14.1. The predicted molar refractivity (Wildman–Crippen MR) is 150 cm³/mol. The molecule has 0 radical (unpaired) electrons. The minimum atomic E-state index is -2.91. The number of alkyl carbamates (subject to hydrolysis) is 1. The number of methoxy groups -OCH3 is 1. The van der Waals surface area contributed by atoms with Crippen molar-refractivity contribution in [3.8, 4) is 0 Å². The Morgan fingerprint density at radius 1 is 1.26 bits per heavy atom. The number of benzene rings is 1. The molecule has 13 heteroatoms. The molecule has 0 aromatic heterocycles. The van der Waals surface area contributed by atoms with Crippen molar-refractivity contribution in [3.63, 3.8) is 0 Å².